The summed E-state index contributed by atoms with van der Waals surface area (Å²) in [4.78, 5) is 5.11. The summed E-state index contributed by atoms with van der Waals surface area (Å²) >= 11 is 9.56. The largest absolute Gasteiger partial charge is 0.456 e. The Morgan fingerprint density at radius 2 is 1.04 bits per heavy atom. The lowest BCUT2D eigenvalue weighted by molar-refractivity contribution is 0.480. The molecule has 1 heterocycles. The first-order valence-electron chi connectivity index (χ1n) is 20.9. The second-order valence-corrected chi connectivity index (χ2v) is 49.7. The molecule has 0 saturated heterocycles. The van der Waals surface area contributed by atoms with E-state index in [0.717, 1.165) is 56.1 Å². The van der Waals surface area contributed by atoms with Crippen LogP contribution in [0, 0.1) is 34.6 Å². The molecule has 1 aliphatic carbocycles. The Balaban J connectivity index is 1.40. The van der Waals surface area contributed by atoms with Gasteiger partial charge in [0.1, 0.15) is 26.0 Å². The lowest BCUT2D eigenvalue weighted by Crippen LogP contribution is -2.16. The molecule has 8 rings (SSSR count). The minimum Gasteiger partial charge on any atom is -0.456 e. The molecule has 0 bridgehead atoms. The lowest BCUT2D eigenvalue weighted by Gasteiger charge is -2.31. The van der Waals surface area contributed by atoms with Gasteiger partial charge in [-0.2, -0.15) is 25.3 Å². The molecule has 0 atom stereocenters. The summed E-state index contributed by atoms with van der Waals surface area (Å²) in [5, 5.41) is 2.86. The first kappa shape index (κ1) is 54.0. The smallest absolute Gasteiger partial charge is 0.296 e. The molecule has 14 nitrogen and oxygen atoms in total. The summed E-state index contributed by atoms with van der Waals surface area (Å²) in [6, 6.07) is 35.4. The van der Waals surface area contributed by atoms with E-state index in [9.17, 15) is 38.9 Å². The monoisotopic (exact) mass is 1500 g/mol. The van der Waals surface area contributed by atoms with Gasteiger partial charge in [-0.25, -0.2) is 4.99 Å². The number of fused-ring (bicyclic) bond motifs is 2. The van der Waals surface area contributed by atoms with Crippen molar-refractivity contribution in [1.82, 2.24) is 0 Å². The molecule has 6 N–H and O–H groups in total. The maximum atomic E-state index is 13.5. The average molecular weight is 1500 g/mol. The zero-order valence-corrected chi connectivity index (χ0v) is 50.5. The normalized spacial score (nSPS) is 13.4. The van der Waals surface area contributed by atoms with E-state index in [1.54, 1.807) is 6.07 Å². The van der Waals surface area contributed by atoms with Crippen LogP contribution < -0.4 is 20.1 Å². The zero-order chi connectivity index (χ0) is 51.6. The fourth-order valence-electron chi connectivity index (χ4n) is 8.19. The van der Waals surface area contributed by atoms with Crippen LogP contribution in [0.2, 0.25) is 0 Å². The third-order valence-corrected chi connectivity index (χ3v) is 25.6. The van der Waals surface area contributed by atoms with Gasteiger partial charge in [-0.1, -0.05) is 66.7 Å². The Bertz CT molecular complexity index is 3850. The van der Waals surface area contributed by atoms with E-state index >= 15 is 0 Å². The number of hydrogen-bond donors (Lipinski definition) is 6. The molecule has 1 aliphatic heterocycles. The van der Waals surface area contributed by atoms with Crippen molar-refractivity contribution in [2.24, 2.45) is 4.99 Å². The highest BCUT2D eigenvalue weighted by atomic mass is 127. The van der Waals surface area contributed by atoms with Gasteiger partial charge in [0.15, 0.2) is 0 Å². The Morgan fingerprint density at radius 1 is 0.507 bits per heavy atom. The van der Waals surface area contributed by atoms with Crippen LogP contribution in [0.1, 0.15) is 27.8 Å². The van der Waals surface area contributed by atoms with Crippen LogP contribution in [-0.4, -0.2) is 38.9 Å². The predicted molar refractivity (Wildman–Crippen MR) is 321 cm³/mol. The number of aryl methyl sites for hydroxylation is 3. The molecule has 0 fully saturated rings. The number of nitrogens with one attached hydrogen (secondary N) is 3. The molecule has 0 aromatic heterocycles. The number of halogens is 4. The molecule has 0 amide bonds. The van der Waals surface area contributed by atoms with Gasteiger partial charge in [0.25, 0.3) is 30.4 Å². The number of rotatable bonds is 13. The van der Waals surface area contributed by atoms with Gasteiger partial charge in [0.2, 0.25) is 0 Å². The first-order chi connectivity index (χ1) is 33.2. The van der Waals surface area contributed by atoms with Gasteiger partial charge in [0, 0.05) is 135 Å². The molecular formula is C48H42I4N4O10S5. The van der Waals surface area contributed by atoms with Crippen molar-refractivity contribution in [1.29, 1.82) is 0 Å². The number of anilines is 4. The van der Waals surface area contributed by atoms with Crippen LogP contribution in [0.15, 0.2) is 161 Å². The highest BCUT2D eigenvalue weighted by Gasteiger charge is 2.30. The first-order valence-corrected chi connectivity index (χ1v) is 38.7. The van der Waals surface area contributed by atoms with Gasteiger partial charge >= 0.3 is 0 Å². The molecule has 0 saturated carbocycles. The van der Waals surface area contributed by atoms with Crippen molar-refractivity contribution >= 4 is 164 Å². The van der Waals surface area contributed by atoms with Gasteiger partial charge in [-0.15, -0.1) is 0 Å². The molecule has 372 valence electrons. The van der Waals surface area contributed by atoms with Crippen LogP contribution in [0.3, 0.4) is 0 Å². The topological polar surface area (TPSA) is 225 Å². The number of nitrogens with zero attached hydrogens (tertiary/aromatic N) is 1. The molecule has 0 unspecified atom stereocenters. The Hall–Kier alpha value is -3.24. The van der Waals surface area contributed by atoms with E-state index in [4.69, 9.17) is 9.41 Å². The molecular weight excluding hydrogens is 1460 g/mol. The molecule has 2 aliphatic rings. The standard InChI is InChI=1S/C48H42I4N4O10S5/c1-27-20-21-37(30(4)47(27)55-67(49,50)32-14-8-6-9-15-32)53-38-25-40-35(23-43(38)70(60,61)62)45(34-18-12-13-19-42(34)69(57,58)59)36-24-44(71(63,64)65)39(26-41(36)66-40)54-46-28(2)22-29(3)48(31(46)5)56-68(51,52)33-16-10-7-11-17-33/h6-26,53,55-56H,1-5H3,(H,57,58,59)(H,60,61,62)(H,63,64,65). The molecule has 23 heteroatoms. The average Bonchev–Trinajstić information content (AvgIpc) is 3.30. The molecule has 6 aromatic carbocycles. The van der Waals surface area contributed by atoms with Gasteiger partial charge in [-0.3, -0.25) is 13.7 Å². The van der Waals surface area contributed by atoms with Crippen LogP contribution >= 0.6 is 93.9 Å². The SMILES string of the molecule is Cc1cc(C)c(NS(I)(I)c2ccccc2)c(C)c1N=c1cc2oc3cc(Nc4ccc(C)c(NS(I)(I)c5ccccc5)c4C)c(S(=O)(=O)O)cc3c(-c3ccccc3S(=O)(=O)O)c-2cc1S(=O)(=O)O. The van der Waals surface area contributed by atoms with Crippen molar-refractivity contribution in [3.63, 3.8) is 0 Å². The third kappa shape index (κ3) is 11.4. The van der Waals surface area contributed by atoms with E-state index in [1.807, 2.05) is 107 Å². The highest BCUT2D eigenvalue weighted by molar-refractivity contribution is 14.3. The summed E-state index contributed by atoms with van der Waals surface area (Å²) < 4.78 is 123. The molecule has 6 aromatic rings. The van der Waals surface area contributed by atoms with E-state index < -0.39 is 54.2 Å². The molecule has 0 radical (unpaired) electrons. The summed E-state index contributed by atoms with van der Waals surface area (Å²) in [7, 11) is -15.2. The summed E-state index contributed by atoms with van der Waals surface area (Å²) in [5.74, 6) is -0.0653. The minimum atomic E-state index is -5.12. The lowest BCUT2D eigenvalue weighted by atomic mass is 9.93. The van der Waals surface area contributed by atoms with Crippen molar-refractivity contribution in [3.8, 4) is 22.5 Å². The van der Waals surface area contributed by atoms with Gasteiger partial charge in [-0.05, 0) is 120 Å². The fraction of sp³-hybridized carbons (Fsp3) is 0.104. The van der Waals surface area contributed by atoms with Crippen LogP contribution in [0.5, 0.6) is 0 Å². The van der Waals surface area contributed by atoms with E-state index in [2.05, 4.69) is 99.6 Å². The highest BCUT2D eigenvalue weighted by Crippen LogP contribution is 2.70. The summed E-state index contributed by atoms with van der Waals surface area (Å²) in [5.41, 5.74) is 5.79. The van der Waals surface area contributed by atoms with E-state index in [1.165, 1.54) is 30.3 Å². The van der Waals surface area contributed by atoms with Crippen molar-refractivity contribution in [2.75, 3.05) is 14.8 Å². The zero-order valence-electron chi connectivity index (χ0n) is 37.8. The van der Waals surface area contributed by atoms with E-state index in [0.29, 0.717) is 22.5 Å². The predicted octanol–water partition coefficient (Wildman–Crippen LogP) is 15.2. The fourth-order valence-corrected chi connectivity index (χ4v) is 18.7. The molecule has 0 spiro atoms. The second kappa shape index (κ2) is 20.5. The third-order valence-electron chi connectivity index (χ3n) is 11.5. The maximum Gasteiger partial charge on any atom is 0.296 e. The number of hydrogen-bond acceptors (Lipinski definition) is 11. The van der Waals surface area contributed by atoms with Crippen molar-refractivity contribution < 1.29 is 43.3 Å². The van der Waals surface area contributed by atoms with E-state index in [-0.39, 0.29) is 44.5 Å². The van der Waals surface area contributed by atoms with Gasteiger partial charge < -0.3 is 19.2 Å². The van der Waals surface area contributed by atoms with Crippen molar-refractivity contribution in [3.05, 3.63) is 161 Å². The van der Waals surface area contributed by atoms with Crippen LogP contribution in [-0.2, 0) is 30.4 Å². The Morgan fingerprint density at radius 3 is 1.61 bits per heavy atom. The van der Waals surface area contributed by atoms with Crippen LogP contribution in [0.4, 0.5) is 28.4 Å². The second-order valence-electron chi connectivity index (χ2n) is 16.4. The number of benzene rings is 7. The van der Waals surface area contributed by atoms with Gasteiger partial charge in [0.05, 0.1) is 28.1 Å². The Kier molecular flexibility index (Phi) is 15.6. The minimum absolute atomic E-state index is 0.0493. The quantitative estimate of drug-likeness (QED) is 0.0359. The molecule has 71 heavy (non-hydrogen) atoms. The summed E-state index contributed by atoms with van der Waals surface area (Å²) in [6.45, 7) is 9.44. The van der Waals surface area contributed by atoms with Crippen molar-refractivity contribution in [2.45, 2.75) is 59.1 Å². The summed E-state index contributed by atoms with van der Waals surface area (Å²) in [6.07, 6.45) is 0. The Labute approximate surface area is 463 Å². The van der Waals surface area contributed by atoms with Crippen LogP contribution in [0.25, 0.3) is 33.4 Å². The maximum absolute atomic E-state index is 13.5.